The predicted octanol–water partition coefficient (Wildman–Crippen LogP) is 3.95. The van der Waals surface area contributed by atoms with Crippen LogP contribution < -0.4 is 15.4 Å². The Morgan fingerprint density at radius 3 is 2.71 bits per heavy atom. The van der Waals surface area contributed by atoms with Gasteiger partial charge in [0.15, 0.2) is 11.6 Å². The molecule has 2 N–H and O–H groups in total. The summed E-state index contributed by atoms with van der Waals surface area (Å²) in [6, 6.07) is 4.38. The number of nitrogens with one attached hydrogen (secondary N) is 2. The maximum absolute atomic E-state index is 13.1. The van der Waals surface area contributed by atoms with Crippen LogP contribution in [-0.2, 0) is 0 Å². The highest BCUT2D eigenvalue weighted by Crippen LogP contribution is 2.33. The van der Waals surface area contributed by atoms with Gasteiger partial charge in [0.25, 0.3) is 0 Å². The number of benzene rings is 1. The van der Waals surface area contributed by atoms with Gasteiger partial charge in [-0.2, -0.15) is 0 Å². The van der Waals surface area contributed by atoms with Gasteiger partial charge < -0.3 is 15.4 Å². The molecule has 112 valence electrons. The van der Waals surface area contributed by atoms with Crippen LogP contribution in [0.2, 0.25) is 0 Å². The highest BCUT2D eigenvalue weighted by atomic mass is 79.9. The topological polar surface area (TPSA) is 59.1 Å². The molecule has 0 radical (unpaired) electrons. The minimum Gasteiger partial charge on any atom is -0.490 e. The van der Waals surface area contributed by atoms with Gasteiger partial charge in [0, 0.05) is 11.0 Å². The van der Waals surface area contributed by atoms with Gasteiger partial charge in [0.2, 0.25) is 5.75 Å². The molecular weight excluding hydrogens is 339 g/mol. The zero-order valence-electron chi connectivity index (χ0n) is 11.8. The summed E-state index contributed by atoms with van der Waals surface area (Å²) < 4.78 is 19.1. The van der Waals surface area contributed by atoms with Crippen molar-refractivity contribution in [3.05, 3.63) is 34.8 Å². The smallest absolute Gasteiger partial charge is 0.204 e. The second-order valence-electron chi connectivity index (χ2n) is 4.28. The third-order valence-electron chi connectivity index (χ3n) is 2.73. The van der Waals surface area contributed by atoms with Crippen LogP contribution in [0, 0.1) is 5.82 Å². The second-order valence-corrected chi connectivity index (χ2v) is 5.13. The van der Waals surface area contributed by atoms with Crippen molar-refractivity contribution in [1.82, 2.24) is 9.97 Å². The lowest BCUT2D eigenvalue weighted by atomic mass is 10.3. The number of nitrogens with zero attached hydrogens (tertiary/aromatic N) is 2. The summed E-state index contributed by atoms with van der Waals surface area (Å²) in [7, 11) is 1.56. The van der Waals surface area contributed by atoms with Crippen LogP contribution in [0.1, 0.15) is 13.3 Å². The van der Waals surface area contributed by atoms with E-state index < -0.39 is 0 Å². The van der Waals surface area contributed by atoms with E-state index in [0.717, 1.165) is 13.0 Å². The molecule has 0 unspecified atom stereocenters. The predicted molar refractivity (Wildman–Crippen MR) is 84.7 cm³/mol. The first kappa shape index (κ1) is 15.5. The number of ether oxygens (including phenoxy) is 1. The van der Waals surface area contributed by atoms with Crippen molar-refractivity contribution in [1.29, 1.82) is 0 Å². The van der Waals surface area contributed by atoms with Crippen LogP contribution in [0.3, 0.4) is 0 Å². The SMILES string of the molecule is CCCNc1ncnc(Nc2ccc(F)cc2Br)c1OC. The number of aromatic nitrogens is 2. The number of hydrogen-bond acceptors (Lipinski definition) is 5. The van der Waals surface area contributed by atoms with Crippen molar-refractivity contribution in [2.75, 3.05) is 24.3 Å². The lowest BCUT2D eigenvalue weighted by Gasteiger charge is -2.14. The Kier molecular flexibility index (Phi) is 5.32. The zero-order valence-corrected chi connectivity index (χ0v) is 13.4. The van der Waals surface area contributed by atoms with Crippen molar-refractivity contribution in [2.24, 2.45) is 0 Å². The minimum absolute atomic E-state index is 0.313. The molecule has 7 heteroatoms. The van der Waals surface area contributed by atoms with Crippen molar-refractivity contribution in [2.45, 2.75) is 13.3 Å². The van der Waals surface area contributed by atoms with Crippen molar-refractivity contribution >= 4 is 33.3 Å². The summed E-state index contributed by atoms with van der Waals surface area (Å²) >= 11 is 3.31. The molecule has 21 heavy (non-hydrogen) atoms. The normalized spacial score (nSPS) is 10.3. The van der Waals surface area contributed by atoms with Gasteiger partial charge in [-0.1, -0.05) is 6.92 Å². The summed E-state index contributed by atoms with van der Waals surface area (Å²) in [6.07, 6.45) is 2.42. The third kappa shape index (κ3) is 3.81. The number of rotatable bonds is 6. The number of methoxy groups -OCH3 is 1. The number of anilines is 3. The first-order valence-corrected chi connectivity index (χ1v) is 7.30. The molecule has 0 saturated heterocycles. The van der Waals surface area contributed by atoms with Crippen LogP contribution >= 0.6 is 15.9 Å². The summed E-state index contributed by atoms with van der Waals surface area (Å²) in [4.78, 5) is 8.34. The summed E-state index contributed by atoms with van der Waals surface area (Å²) in [5.74, 6) is 1.34. The Hall–Kier alpha value is -1.89. The first-order valence-electron chi connectivity index (χ1n) is 6.50. The third-order valence-corrected chi connectivity index (χ3v) is 3.39. The summed E-state index contributed by atoms with van der Waals surface area (Å²) in [5.41, 5.74) is 0.690. The maximum atomic E-state index is 13.1. The molecule has 0 bridgehead atoms. The van der Waals surface area contributed by atoms with E-state index in [2.05, 4.69) is 43.5 Å². The monoisotopic (exact) mass is 354 g/mol. The van der Waals surface area contributed by atoms with Gasteiger partial charge in [-0.15, -0.1) is 0 Å². The molecule has 0 aliphatic heterocycles. The van der Waals surface area contributed by atoms with Gasteiger partial charge in [0.1, 0.15) is 12.1 Å². The average molecular weight is 355 g/mol. The van der Waals surface area contributed by atoms with E-state index in [4.69, 9.17) is 4.74 Å². The van der Waals surface area contributed by atoms with Gasteiger partial charge in [-0.25, -0.2) is 14.4 Å². The van der Waals surface area contributed by atoms with E-state index in [9.17, 15) is 4.39 Å². The fourth-order valence-corrected chi connectivity index (χ4v) is 2.19. The van der Waals surface area contributed by atoms with Crippen LogP contribution in [0.15, 0.2) is 29.0 Å². The van der Waals surface area contributed by atoms with Gasteiger partial charge in [-0.3, -0.25) is 0 Å². The Morgan fingerprint density at radius 1 is 1.29 bits per heavy atom. The largest absolute Gasteiger partial charge is 0.490 e. The molecule has 2 rings (SSSR count). The molecule has 0 aliphatic rings. The van der Waals surface area contributed by atoms with E-state index in [-0.39, 0.29) is 5.82 Å². The molecule has 0 atom stereocenters. The highest BCUT2D eigenvalue weighted by molar-refractivity contribution is 9.10. The molecule has 0 saturated carbocycles. The quantitative estimate of drug-likeness (QED) is 0.822. The fraction of sp³-hybridized carbons (Fsp3) is 0.286. The van der Waals surface area contributed by atoms with Crippen LogP contribution in [0.5, 0.6) is 5.75 Å². The van der Waals surface area contributed by atoms with Crippen LogP contribution in [-0.4, -0.2) is 23.6 Å². The van der Waals surface area contributed by atoms with E-state index in [1.807, 2.05) is 0 Å². The van der Waals surface area contributed by atoms with Gasteiger partial charge >= 0.3 is 0 Å². The second kappa shape index (κ2) is 7.21. The molecule has 0 aliphatic carbocycles. The van der Waals surface area contributed by atoms with Gasteiger partial charge in [-0.05, 0) is 40.5 Å². The zero-order chi connectivity index (χ0) is 15.2. The van der Waals surface area contributed by atoms with Crippen molar-refractivity contribution < 1.29 is 9.13 Å². The molecular formula is C14H16BrFN4O. The molecule has 0 fully saturated rings. The Morgan fingerprint density at radius 2 is 2.05 bits per heavy atom. The van der Waals surface area contributed by atoms with E-state index in [0.29, 0.717) is 27.5 Å². The van der Waals surface area contributed by atoms with E-state index in [1.54, 1.807) is 13.2 Å². The van der Waals surface area contributed by atoms with Crippen LogP contribution in [0.25, 0.3) is 0 Å². The van der Waals surface area contributed by atoms with Crippen LogP contribution in [0.4, 0.5) is 21.7 Å². The standard InChI is InChI=1S/C14H16BrFN4O/c1-3-6-17-13-12(21-2)14(19-8-18-13)20-11-5-4-9(16)7-10(11)15/h4-5,7-8H,3,6H2,1-2H3,(H2,17,18,19,20). The molecule has 0 amide bonds. The number of halogens is 2. The molecule has 0 spiro atoms. The fourth-order valence-electron chi connectivity index (χ4n) is 1.74. The van der Waals surface area contributed by atoms with Crippen molar-refractivity contribution in [3.63, 3.8) is 0 Å². The maximum Gasteiger partial charge on any atom is 0.204 e. The summed E-state index contributed by atoms with van der Waals surface area (Å²) in [5, 5.41) is 6.28. The number of hydrogen-bond donors (Lipinski definition) is 2. The Labute approximate surface area is 131 Å². The van der Waals surface area contributed by atoms with E-state index >= 15 is 0 Å². The lowest BCUT2D eigenvalue weighted by molar-refractivity contribution is 0.415. The Bertz CT molecular complexity index is 624. The minimum atomic E-state index is -0.313. The van der Waals surface area contributed by atoms with Crippen molar-refractivity contribution in [3.8, 4) is 5.75 Å². The molecule has 2 aromatic rings. The molecule has 1 heterocycles. The van der Waals surface area contributed by atoms with Gasteiger partial charge in [0.05, 0.1) is 12.8 Å². The molecule has 5 nitrogen and oxygen atoms in total. The first-order chi connectivity index (χ1) is 10.2. The molecule has 1 aromatic heterocycles. The Balaban J connectivity index is 2.30. The molecule has 1 aromatic carbocycles. The van der Waals surface area contributed by atoms with E-state index in [1.165, 1.54) is 18.5 Å². The summed E-state index contributed by atoms with van der Waals surface area (Å²) in [6.45, 7) is 2.85. The average Bonchev–Trinajstić information content (AvgIpc) is 2.48. The highest BCUT2D eigenvalue weighted by Gasteiger charge is 2.13. The lowest BCUT2D eigenvalue weighted by Crippen LogP contribution is -2.07.